The fraction of sp³-hybridized carbons (Fsp3) is 0.500. The first kappa shape index (κ1) is 8.93. The van der Waals surface area contributed by atoms with Gasteiger partial charge in [-0.25, -0.2) is 0 Å². The van der Waals surface area contributed by atoms with Crippen LogP contribution >= 0.6 is 0 Å². The molecule has 1 aliphatic rings. The number of carboxylic acid groups (broad SMARTS) is 1. The molecule has 1 atom stereocenters. The Bertz CT molecular complexity index is 304. The Kier molecular flexibility index (Phi) is 1.80. The summed E-state index contributed by atoms with van der Waals surface area (Å²) in [5, 5.41) is 8.99. The number of aliphatic imine (C=N–C) groups is 1. The topological polar surface area (TPSA) is 49.7 Å². The third-order valence-electron chi connectivity index (χ3n) is 2.55. The van der Waals surface area contributed by atoms with Gasteiger partial charge in [0.2, 0.25) is 5.84 Å². The highest BCUT2D eigenvalue weighted by molar-refractivity contribution is 5.86. The van der Waals surface area contributed by atoms with Gasteiger partial charge >= 0.3 is 6.09 Å². The van der Waals surface area contributed by atoms with Gasteiger partial charge in [-0.3, -0.25) is 0 Å². The lowest BCUT2D eigenvalue weighted by Gasteiger charge is -2.22. The maximum atomic E-state index is 10.9. The molecule has 0 aromatic rings. The largest absolute Gasteiger partial charge is 0.524 e. The number of hydrogen-bond donors (Lipinski definition) is 1. The molecule has 0 saturated carbocycles. The minimum atomic E-state index is -0.884. The van der Waals surface area contributed by atoms with Crippen LogP contribution in [0, 0.1) is 0 Å². The number of rotatable bonds is 0. The van der Waals surface area contributed by atoms with Gasteiger partial charge in [-0.05, 0) is 6.92 Å². The van der Waals surface area contributed by atoms with Gasteiger partial charge in [0.05, 0.1) is 7.05 Å². The third kappa shape index (κ3) is 0.881. The van der Waals surface area contributed by atoms with Gasteiger partial charge in [0.1, 0.15) is 11.4 Å². The second kappa shape index (κ2) is 2.42. The van der Waals surface area contributed by atoms with E-state index in [1.54, 1.807) is 20.9 Å². The molecule has 1 unspecified atom stereocenters. The van der Waals surface area contributed by atoms with Gasteiger partial charge in [-0.2, -0.15) is 14.3 Å². The van der Waals surface area contributed by atoms with E-state index in [4.69, 9.17) is 5.11 Å². The number of amides is 1. The molecule has 12 heavy (non-hydrogen) atoms. The predicted molar refractivity (Wildman–Crippen MR) is 45.7 cm³/mol. The first-order valence-electron chi connectivity index (χ1n) is 3.74. The number of allylic oxidation sites excluding steroid dienone is 2. The monoisotopic (exact) mass is 169 g/mol. The Hall–Kier alpha value is -1.16. The molecule has 4 nitrogen and oxygen atoms in total. The van der Waals surface area contributed by atoms with E-state index in [0.717, 1.165) is 11.4 Å². The van der Waals surface area contributed by atoms with Gasteiger partial charge in [0.15, 0.2) is 0 Å². The molecule has 0 radical (unpaired) electrons. The summed E-state index contributed by atoms with van der Waals surface area (Å²) in [4.78, 5) is 15.1. The Morgan fingerprint density at radius 3 is 2.08 bits per heavy atom. The van der Waals surface area contributed by atoms with Crippen molar-refractivity contribution in [3.63, 3.8) is 0 Å². The molecule has 0 aliphatic carbocycles. The number of carbonyl (C=O) groups is 1. The Balaban J connectivity index is 3.25. The van der Waals surface area contributed by atoms with Crippen LogP contribution in [-0.2, 0) is 0 Å². The zero-order valence-electron chi connectivity index (χ0n) is 7.75. The van der Waals surface area contributed by atoms with Crippen molar-refractivity contribution >= 4 is 11.9 Å². The maximum Gasteiger partial charge on any atom is 0.524 e. The molecule has 1 N–H and O–H groups in total. The van der Waals surface area contributed by atoms with Gasteiger partial charge in [-0.15, -0.1) is 0 Å². The smallest absolute Gasteiger partial charge is 0.435 e. The molecule has 0 bridgehead atoms. The average Bonchev–Trinajstić information content (AvgIpc) is 2.16. The van der Waals surface area contributed by atoms with Crippen molar-refractivity contribution in [1.82, 2.24) is 0 Å². The molecular formula is C8H13N2O2+. The molecule has 0 aromatic carbocycles. The molecule has 0 aromatic heterocycles. The van der Waals surface area contributed by atoms with E-state index in [1.165, 1.54) is 0 Å². The molecule has 1 aliphatic heterocycles. The average molecular weight is 169 g/mol. The van der Waals surface area contributed by atoms with Crippen molar-refractivity contribution < 1.29 is 14.4 Å². The highest BCUT2D eigenvalue weighted by Crippen LogP contribution is 2.27. The molecule has 1 heterocycles. The summed E-state index contributed by atoms with van der Waals surface area (Å²) in [6.45, 7) is 5.35. The number of amidine groups is 1. The van der Waals surface area contributed by atoms with E-state index >= 15 is 0 Å². The minimum absolute atomic E-state index is 0.189. The highest BCUT2D eigenvalue weighted by Gasteiger charge is 2.43. The number of quaternary nitrogens is 1. The van der Waals surface area contributed by atoms with E-state index in [9.17, 15) is 4.79 Å². The number of hydrogen-bond acceptors (Lipinski definition) is 2. The quantitative estimate of drug-likeness (QED) is 0.562. The SMILES string of the molecule is CC1=NC(C)=C(C)[N+]1(C)C(=O)O. The van der Waals surface area contributed by atoms with E-state index in [-0.39, 0.29) is 4.48 Å². The predicted octanol–water partition coefficient (Wildman–Crippen LogP) is 1.79. The molecule has 1 amide bonds. The number of nitrogens with zero attached hydrogens (tertiary/aromatic N) is 2. The molecule has 4 heteroatoms. The second-order valence-electron chi connectivity index (χ2n) is 3.12. The molecule has 0 spiro atoms. The molecule has 1 rings (SSSR count). The molecular weight excluding hydrogens is 156 g/mol. The van der Waals surface area contributed by atoms with Crippen LogP contribution in [-0.4, -0.2) is 28.6 Å². The van der Waals surface area contributed by atoms with Crippen LogP contribution in [0.5, 0.6) is 0 Å². The lowest BCUT2D eigenvalue weighted by Crippen LogP contribution is -2.48. The molecule has 0 fully saturated rings. The van der Waals surface area contributed by atoms with E-state index in [2.05, 4.69) is 4.99 Å². The summed E-state index contributed by atoms with van der Waals surface area (Å²) in [5.74, 6) is 0.609. The summed E-state index contributed by atoms with van der Waals surface area (Å²) < 4.78 is -0.189. The summed E-state index contributed by atoms with van der Waals surface area (Å²) >= 11 is 0. The normalized spacial score (nSPS) is 29.2. The summed E-state index contributed by atoms with van der Waals surface area (Å²) in [5.41, 5.74) is 1.58. The lowest BCUT2D eigenvalue weighted by atomic mass is 10.3. The van der Waals surface area contributed by atoms with Crippen molar-refractivity contribution in [3.8, 4) is 0 Å². The van der Waals surface area contributed by atoms with Gasteiger partial charge in [0.25, 0.3) is 0 Å². The summed E-state index contributed by atoms with van der Waals surface area (Å²) in [6, 6.07) is 0. The first-order valence-corrected chi connectivity index (χ1v) is 3.74. The lowest BCUT2D eigenvalue weighted by molar-refractivity contribution is -0.699. The zero-order chi connectivity index (χ0) is 9.52. The van der Waals surface area contributed by atoms with Crippen LogP contribution in [0.1, 0.15) is 20.8 Å². The van der Waals surface area contributed by atoms with E-state index < -0.39 is 6.09 Å². The molecule has 66 valence electrons. The standard InChI is InChI=1S/C8H12N2O2/c1-5-6(2)10(4,8(11)12)7(3)9-5/h1-4H3/p+1. The Morgan fingerprint density at radius 1 is 1.42 bits per heavy atom. The highest BCUT2D eigenvalue weighted by atomic mass is 16.4. The summed E-state index contributed by atoms with van der Waals surface area (Å²) in [7, 11) is 1.63. The van der Waals surface area contributed by atoms with Crippen LogP contribution in [0.4, 0.5) is 4.79 Å². The van der Waals surface area contributed by atoms with E-state index in [1.807, 2.05) is 6.92 Å². The van der Waals surface area contributed by atoms with Crippen LogP contribution < -0.4 is 0 Å². The summed E-state index contributed by atoms with van der Waals surface area (Å²) in [6.07, 6.45) is -0.884. The fourth-order valence-corrected chi connectivity index (χ4v) is 1.27. The van der Waals surface area contributed by atoms with Crippen molar-refractivity contribution in [2.45, 2.75) is 20.8 Å². The zero-order valence-corrected chi connectivity index (χ0v) is 7.75. The van der Waals surface area contributed by atoms with Crippen molar-refractivity contribution in [3.05, 3.63) is 11.4 Å². The Morgan fingerprint density at radius 2 is 1.92 bits per heavy atom. The van der Waals surface area contributed by atoms with Crippen molar-refractivity contribution in [2.75, 3.05) is 7.05 Å². The van der Waals surface area contributed by atoms with Gasteiger partial charge in [-0.1, -0.05) is 0 Å². The van der Waals surface area contributed by atoms with E-state index in [0.29, 0.717) is 5.84 Å². The van der Waals surface area contributed by atoms with Crippen LogP contribution in [0.15, 0.2) is 16.4 Å². The second-order valence-corrected chi connectivity index (χ2v) is 3.12. The third-order valence-corrected chi connectivity index (χ3v) is 2.55. The van der Waals surface area contributed by atoms with Crippen LogP contribution in [0.25, 0.3) is 0 Å². The Labute approximate surface area is 71.4 Å². The van der Waals surface area contributed by atoms with Gasteiger partial charge in [0, 0.05) is 13.8 Å². The van der Waals surface area contributed by atoms with Crippen LogP contribution in [0.2, 0.25) is 0 Å². The van der Waals surface area contributed by atoms with Gasteiger partial charge < -0.3 is 5.11 Å². The van der Waals surface area contributed by atoms with Crippen molar-refractivity contribution in [2.24, 2.45) is 4.99 Å². The maximum absolute atomic E-state index is 10.9. The van der Waals surface area contributed by atoms with Crippen molar-refractivity contribution in [1.29, 1.82) is 0 Å². The fourth-order valence-electron chi connectivity index (χ4n) is 1.27. The van der Waals surface area contributed by atoms with Crippen LogP contribution in [0.3, 0.4) is 0 Å². The minimum Gasteiger partial charge on any atom is -0.435 e. The molecule has 0 saturated heterocycles. The first-order chi connectivity index (χ1) is 5.40.